The molecule has 0 N–H and O–H groups in total. The summed E-state index contributed by atoms with van der Waals surface area (Å²) in [6.45, 7) is 13.6. The zero-order valence-electron chi connectivity index (χ0n) is 37.3. The molecule has 3 aromatic carbocycles. The molecular formula is C56H53N2O2OsPS2+. The van der Waals surface area contributed by atoms with Gasteiger partial charge in [0.25, 0.3) is 0 Å². The van der Waals surface area contributed by atoms with Gasteiger partial charge in [-0.1, -0.05) is 33.8 Å². The first kappa shape index (κ1) is 45.4. The molecule has 0 atom stereocenters. The van der Waals surface area contributed by atoms with Crippen molar-refractivity contribution >= 4 is 75.1 Å². The number of benzene rings is 3. The van der Waals surface area contributed by atoms with Gasteiger partial charge in [-0.3, -0.25) is 0 Å². The Balaban J connectivity index is 1.34. The molecule has 1 fully saturated rings. The normalized spacial score (nSPS) is 17.1. The van der Waals surface area contributed by atoms with E-state index < -0.39 is 7.26 Å². The molecule has 2 aromatic heterocycles. The number of carbonyl (C=O) groups excluding carboxylic acids is 2. The summed E-state index contributed by atoms with van der Waals surface area (Å²) < 4.78 is 3.83. The Bertz CT molecular complexity index is 2790. The van der Waals surface area contributed by atoms with E-state index in [2.05, 4.69) is 184 Å². The molecule has 1 saturated carbocycles. The molecule has 0 bridgehead atoms. The Labute approximate surface area is 397 Å². The summed E-state index contributed by atoms with van der Waals surface area (Å²) in [6, 6.07) is 41.0. The number of allylic oxidation sites excluding steroid dienone is 7. The molecule has 323 valence electrons. The molecular weight excluding hydrogens is 1020 g/mol. The van der Waals surface area contributed by atoms with E-state index in [1.165, 1.54) is 27.1 Å². The van der Waals surface area contributed by atoms with E-state index in [1.54, 1.807) is 40.6 Å². The van der Waals surface area contributed by atoms with Crippen molar-refractivity contribution in [3.8, 4) is 16.2 Å². The van der Waals surface area contributed by atoms with Crippen molar-refractivity contribution in [2.75, 3.05) is 13.1 Å². The number of thiophene rings is 2. The SMILES string of the molecule is CC=C1CCCC1=CC(C#Cc1ccc(C2=C3C(=O)N(CC(C)C)C(c4ccc(/C=C/C)s4)=C3C(=O)N2CC(C)C)s1)=C([C]#[Os])[P+](c1ccccc1)(c1ccccc1)c1ccccc1. The molecule has 5 aromatic rings. The van der Waals surface area contributed by atoms with Crippen LogP contribution in [-0.2, 0) is 27.5 Å². The van der Waals surface area contributed by atoms with E-state index in [9.17, 15) is 9.59 Å². The average Bonchev–Trinajstić information content (AvgIpc) is 4.15. The van der Waals surface area contributed by atoms with Gasteiger partial charge in [-0.05, 0) is 31.1 Å². The van der Waals surface area contributed by atoms with Gasteiger partial charge in [-0.2, -0.15) is 0 Å². The molecule has 2 aliphatic heterocycles. The van der Waals surface area contributed by atoms with Crippen LogP contribution in [0, 0.1) is 28.0 Å². The maximum absolute atomic E-state index is 14.8. The topological polar surface area (TPSA) is 40.6 Å². The first-order chi connectivity index (χ1) is 31.1. The van der Waals surface area contributed by atoms with Crippen molar-refractivity contribution in [2.24, 2.45) is 11.8 Å². The van der Waals surface area contributed by atoms with Crippen LogP contribution in [0.15, 0.2) is 167 Å². The number of fused-ring (bicyclic) bond motifs is 1. The predicted molar refractivity (Wildman–Crippen MR) is 269 cm³/mol. The molecule has 0 spiro atoms. The molecule has 0 radical (unpaired) electrons. The fraction of sp³-hybridized carbons (Fsp3) is 0.232. The van der Waals surface area contributed by atoms with Crippen LogP contribution in [0.25, 0.3) is 17.5 Å². The maximum atomic E-state index is 14.8. The van der Waals surface area contributed by atoms with Crippen LogP contribution >= 0.6 is 29.9 Å². The van der Waals surface area contributed by atoms with Gasteiger partial charge < -0.3 is 0 Å². The molecule has 8 rings (SSSR count). The van der Waals surface area contributed by atoms with Gasteiger partial charge in [0.2, 0.25) is 0 Å². The summed E-state index contributed by atoms with van der Waals surface area (Å²) in [7, 11) is -2.53. The third-order valence-corrected chi connectivity index (χ3v) is 19.1. The second kappa shape index (κ2) is 19.9. The Hall–Kier alpha value is -5.15. The van der Waals surface area contributed by atoms with Crippen molar-refractivity contribution in [2.45, 2.75) is 60.8 Å². The van der Waals surface area contributed by atoms with E-state index >= 15 is 0 Å². The van der Waals surface area contributed by atoms with Crippen LogP contribution in [0.2, 0.25) is 0 Å². The molecule has 0 saturated heterocycles. The van der Waals surface area contributed by atoms with Gasteiger partial charge in [0.05, 0.1) is 4.88 Å². The summed E-state index contributed by atoms with van der Waals surface area (Å²) in [5, 5.41) is 4.85. The molecule has 8 heteroatoms. The monoisotopic (exact) mass is 1070 g/mol. The summed E-state index contributed by atoms with van der Waals surface area (Å²) in [5.74, 6) is 7.61. The van der Waals surface area contributed by atoms with Gasteiger partial charge in [0, 0.05) is 11.4 Å². The fourth-order valence-corrected chi connectivity index (χ4v) is 16.8. The Kier molecular flexibility index (Phi) is 14.1. The zero-order chi connectivity index (χ0) is 45.0. The summed E-state index contributed by atoms with van der Waals surface area (Å²) in [6.07, 6.45) is 11.9. The zero-order valence-corrected chi connectivity index (χ0v) is 42.4. The van der Waals surface area contributed by atoms with Gasteiger partial charge >= 0.3 is 308 Å². The van der Waals surface area contributed by atoms with Crippen LogP contribution in [0.5, 0.6) is 0 Å². The van der Waals surface area contributed by atoms with E-state index in [4.69, 9.17) is 0 Å². The Morgan fingerprint density at radius 2 is 1.19 bits per heavy atom. The van der Waals surface area contributed by atoms with Crippen molar-refractivity contribution in [1.82, 2.24) is 9.80 Å². The number of hydrogen-bond donors (Lipinski definition) is 0. The second-order valence-electron chi connectivity index (χ2n) is 17.0. The van der Waals surface area contributed by atoms with Crippen molar-refractivity contribution in [3.05, 3.63) is 186 Å². The first-order valence-electron chi connectivity index (χ1n) is 22.1. The van der Waals surface area contributed by atoms with E-state index in [0.29, 0.717) is 29.9 Å². The fourth-order valence-electron chi connectivity index (χ4n) is 9.08. The average molecular weight is 1070 g/mol. The van der Waals surface area contributed by atoms with Gasteiger partial charge in [-0.25, -0.2) is 0 Å². The third-order valence-electron chi connectivity index (χ3n) is 11.7. The third kappa shape index (κ3) is 8.69. The van der Waals surface area contributed by atoms with Crippen molar-refractivity contribution in [3.63, 3.8) is 0 Å². The molecule has 4 nitrogen and oxygen atoms in total. The summed E-state index contributed by atoms with van der Waals surface area (Å²) >= 11 is 4.94. The minimum absolute atomic E-state index is 0.106. The number of hydrogen-bond acceptors (Lipinski definition) is 4. The van der Waals surface area contributed by atoms with Crippen molar-refractivity contribution < 1.29 is 27.5 Å². The molecule has 0 unspecified atom stereocenters. The van der Waals surface area contributed by atoms with Crippen molar-refractivity contribution in [1.29, 1.82) is 0 Å². The number of carbonyl (C=O) groups is 2. The molecule has 3 aliphatic rings. The quantitative estimate of drug-likeness (QED) is 0.0923. The van der Waals surface area contributed by atoms with Gasteiger partial charge in [-0.15, -0.1) is 11.3 Å². The number of nitrogens with zero attached hydrogens (tertiary/aromatic N) is 2. The van der Waals surface area contributed by atoms with Gasteiger partial charge in [0.1, 0.15) is 0 Å². The Morgan fingerprint density at radius 1 is 0.688 bits per heavy atom. The first-order valence-corrected chi connectivity index (χ1v) is 26.8. The molecule has 1 aliphatic carbocycles. The van der Waals surface area contributed by atoms with Crippen LogP contribution < -0.4 is 15.9 Å². The van der Waals surface area contributed by atoms with E-state index in [1.807, 2.05) is 22.8 Å². The van der Waals surface area contributed by atoms with Crippen LogP contribution in [-0.4, -0.2) is 34.7 Å². The molecule has 64 heavy (non-hydrogen) atoms. The van der Waals surface area contributed by atoms with Crippen LogP contribution in [0.1, 0.15) is 80.3 Å². The van der Waals surface area contributed by atoms with Crippen LogP contribution in [0.4, 0.5) is 0 Å². The predicted octanol–water partition coefficient (Wildman–Crippen LogP) is 12.1. The van der Waals surface area contributed by atoms with E-state index in [0.717, 1.165) is 55.4 Å². The van der Waals surface area contributed by atoms with Crippen LogP contribution in [0.3, 0.4) is 0 Å². The summed E-state index contributed by atoms with van der Waals surface area (Å²) in [5.41, 5.74) is 6.13. The number of rotatable bonds is 12. The van der Waals surface area contributed by atoms with E-state index in [-0.39, 0.29) is 23.7 Å². The summed E-state index contributed by atoms with van der Waals surface area (Å²) in [4.78, 5) is 37.0. The number of amides is 2. The molecule has 2 amide bonds. The van der Waals surface area contributed by atoms with Gasteiger partial charge in [0.15, 0.2) is 0 Å². The standard InChI is InChI=1S/C56H53N2O2PS2.Os/c1-8-20-47-31-33-49(62-47)53-51-52(56(60)57(53)36-38(3)4)54(58(55(51)59)37-39(5)6)50-34-32-48(63-50)30-29-42(35-43-22-19-21-41(43)9-2)40(7)61(44-23-13-10-14-24-44,45-25-15-11-16-26-45)46-27-17-12-18-28-46;/h8-18,20,23-28,31-35,38-39H,19,21-22,36-37H2,1-6H3;/q+1;/b20-8+,41-9?,42-40?,43-35?;. The molecule has 4 heterocycles. The second-order valence-corrected chi connectivity index (χ2v) is 23.2. The Morgan fingerprint density at radius 3 is 1.67 bits per heavy atom. The minimum atomic E-state index is -2.53.